The smallest absolute Gasteiger partial charge is 0.0528 e. The Bertz CT molecular complexity index is 458. The zero-order valence-corrected chi connectivity index (χ0v) is 12.5. The number of fused-ring (bicyclic) bond motifs is 1. The number of allylic oxidation sites excluding steroid dienone is 5. The van der Waals surface area contributed by atoms with Crippen LogP contribution in [0.5, 0.6) is 0 Å². The Hall–Kier alpha value is -1.24. The zero-order valence-electron chi connectivity index (χ0n) is 12.5. The van der Waals surface area contributed by atoms with Crippen molar-refractivity contribution in [2.45, 2.75) is 40.2 Å². The van der Waals surface area contributed by atoms with Crippen molar-refractivity contribution in [2.24, 2.45) is 11.8 Å². The van der Waals surface area contributed by atoms with Gasteiger partial charge in [-0.2, -0.15) is 0 Å². The highest BCUT2D eigenvalue weighted by Gasteiger charge is 2.29. The van der Waals surface area contributed by atoms with Gasteiger partial charge in [0, 0.05) is 12.7 Å². The highest BCUT2D eigenvalue weighted by atomic mass is 15.2. The van der Waals surface area contributed by atoms with Crippen LogP contribution in [0, 0.1) is 11.8 Å². The molecule has 0 aromatic heterocycles. The molecule has 1 heteroatoms. The molecule has 0 saturated heterocycles. The minimum atomic E-state index is 0.102. The molecule has 0 aromatic carbocycles. The molecule has 18 heavy (non-hydrogen) atoms. The Labute approximate surface area is 112 Å². The first kappa shape index (κ1) is 13.2. The summed E-state index contributed by atoms with van der Waals surface area (Å²) < 4.78 is 0. The Balaban J connectivity index is 2.47. The molecule has 0 N–H and O–H groups in total. The number of hydrogen-bond donors (Lipinski definition) is 0. The maximum Gasteiger partial charge on any atom is 0.0528 e. The van der Waals surface area contributed by atoms with Crippen molar-refractivity contribution >= 4 is 0 Å². The fourth-order valence-corrected chi connectivity index (χ4v) is 2.73. The molecule has 0 radical (unpaired) electrons. The second kappa shape index (κ2) is 4.46. The molecular weight excluding hydrogens is 218 g/mol. The number of rotatable bonds is 1. The fourth-order valence-electron chi connectivity index (χ4n) is 2.73. The molecular formula is C17H25N. The lowest BCUT2D eigenvalue weighted by Gasteiger charge is -2.40. The molecule has 1 aliphatic heterocycles. The highest BCUT2D eigenvalue weighted by Crippen LogP contribution is 2.35. The standard InChI is InChI=1S/C17H25N/c1-12(2)15-8-7-14-9-10-17(4,5)18(6)16(14)11-13(15)3/h7-13H,1-6H3. The lowest BCUT2D eigenvalue weighted by Crippen LogP contribution is -2.41. The molecule has 0 amide bonds. The molecule has 2 rings (SSSR count). The van der Waals surface area contributed by atoms with Gasteiger partial charge in [-0.15, -0.1) is 0 Å². The van der Waals surface area contributed by atoms with Gasteiger partial charge in [0.15, 0.2) is 0 Å². The van der Waals surface area contributed by atoms with Gasteiger partial charge in [-0.05, 0) is 31.3 Å². The van der Waals surface area contributed by atoms with Gasteiger partial charge >= 0.3 is 0 Å². The quantitative estimate of drug-likeness (QED) is 0.663. The van der Waals surface area contributed by atoms with E-state index in [0.717, 1.165) is 0 Å². The first-order valence-electron chi connectivity index (χ1n) is 6.90. The van der Waals surface area contributed by atoms with Gasteiger partial charge in [-0.25, -0.2) is 0 Å². The van der Waals surface area contributed by atoms with Crippen LogP contribution in [-0.2, 0) is 0 Å². The maximum absolute atomic E-state index is 2.41. The summed E-state index contributed by atoms with van der Waals surface area (Å²) >= 11 is 0. The van der Waals surface area contributed by atoms with E-state index >= 15 is 0 Å². The number of hydrogen-bond acceptors (Lipinski definition) is 1. The molecule has 0 fully saturated rings. The molecule has 2 aliphatic rings. The number of likely N-dealkylation sites (N-methyl/N-ethyl adjacent to an activating group) is 1. The molecule has 0 saturated carbocycles. The summed E-state index contributed by atoms with van der Waals surface area (Å²) in [6.07, 6.45) is 11.5. The van der Waals surface area contributed by atoms with Crippen LogP contribution in [0.3, 0.4) is 0 Å². The molecule has 1 atom stereocenters. The van der Waals surface area contributed by atoms with E-state index in [9.17, 15) is 0 Å². The van der Waals surface area contributed by atoms with Gasteiger partial charge in [0.1, 0.15) is 0 Å². The van der Waals surface area contributed by atoms with Gasteiger partial charge in [-0.3, -0.25) is 0 Å². The molecule has 1 unspecified atom stereocenters. The average Bonchev–Trinajstić information content (AvgIpc) is 2.43. The highest BCUT2D eigenvalue weighted by molar-refractivity contribution is 5.49. The van der Waals surface area contributed by atoms with E-state index in [2.05, 4.69) is 76.9 Å². The Morgan fingerprint density at radius 1 is 1.22 bits per heavy atom. The molecule has 0 bridgehead atoms. The van der Waals surface area contributed by atoms with Gasteiger partial charge < -0.3 is 4.90 Å². The van der Waals surface area contributed by atoms with Crippen molar-refractivity contribution in [3.05, 3.63) is 47.2 Å². The van der Waals surface area contributed by atoms with Gasteiger partial charge in [0.2, 0.25) is 0 Å². The van der Waals surface area contributed by atoms with E-state index < -0.39 is 0 Å². The first-order valence-corrected chi connectivity index (χ1v) is 6.90. The van der Waals surface area contributed by atoms with Crippen molar-refractivity contribution in [1.29, 1.82) is 0 Å². The third-order valence-electron chi connectivity index (χ3n) is 4.25. The molecule has 1 aliphatic carbocycles. The lowest BCUT2D eigenvalue weighted by molar-refractivity contribution is 0.259. The van der Waals surface area contributed by atoms with Crippen molar-refractivity contribution in [3.63, 3.8) is 0 Å². The molecule has 1 heterocycles. The van der Waals surface area contributed by atoms with Crippen LogP contribution in [0.25, 0.3) is 0 Å². The third kappa shape index (κ3) is 2.19. The van der Waals surface area contributed by atoms with Crippen LogP contribution in [0.1, 0.15) is 34.6 Å². The fraction of sp³-hybridized carbons (Fsp3) is 0.529. The predicted molar refractivity (Wildman–Crippen MR) is 79.2 cm³/mol. The first-order chi connectivity index (χ1) is 8.33. The van der Waals surface area contributed by atoms with E-state index in [1.54, 1.807) is 0 Å². The molecule has 1 nitrogen and oxygen atoms in total. The molecule has 0 aromatic rings. The van der Waals surface area contributed by atoms with Gasteiger partial charge in [-0.1, -0.05) is 56.7 Å². The van der Waals surface area contributed by atoms with E-state index in [4.69, 9.17) is 0 Å². The van der Waals surface area contributed by atoms with Crippen molar-refractivity contribution in [1.82, 2.24) is 4.90 Å². The summed E-state index contributed by atoms with van der Waals surface area (Å²) in [5, 5.41) is 0. The van der Waals surface area contributed by atoms with Crippen LogP contribution in [-0.4, -0.2) is 17.5 Å². The topological polar surface area (TPSA) is 3.24 Å². The van der Waals surface area contributed by atoms with Crippen LogP contribution in [0.2, 0.25) is 0 Å². The van der Waals surface area contributed by atoms with E-state index in [1.807, 2.05) is 0 Å². The Morgan fingerprint density at radius 2 is 1.89 bits per heavy atom. The third-order valence-corrected chi connectivity index (χ3v) is 4.25. The summed E-state index contributed by atoms with van der Waals surface area (Å²) in [5.41, 5.74) is 4.32. The average molecular weight is 243 g/mol. The summed E-state index contributed by atoms with van der Waals surface area (Å²) in [7, 11) is 2.19. The normalized spacial score (nSPS) is 26.3. The summed E-state index contributed by atoms with van der Waals surface area (Å²) in [6, 6.07) is 0. The minimum Gasteiger partial charge on any atom is -0.366 e. The van der Waals surface area contributed by atoms with Crippen molar-refractivity contribution < 1.29 is 0 Å². The second-order valence-electron chi connectivity index (χ2n) is 6.33. The van der Waals surface area contributed by atoms with Gasteiger partial charge in [0.05, 0.1) is 5.54 Å². The Morgan fingerprint density at radius 3 is 2.50 bits per heavy atom. The Kier molecular flexibility index (Phi) is 3.27. The van der Waals surface area contributed by atoms with E-state index in [-0.39, 0.29) is 5.54 Å². The minimum absolute atomic E-state index is 0.102. The largest absolute Gasteiger partial charge is 0.366 e. The summed E-state index contributed by atoms with van der Waals surface area (Å²) in [5.74, 6) is 1.12. The van der Waals surface area contributed by atoms with Crippen LogP contribution in [0.15, 0.2) is 47.2 Å². The monoisotopic (exact) mass is 243 g/mol. The lowest BCUT2D eigenvalue weighted by atomic mass is 9.89. The van der Waals surface area contributed by atoms with Crippen molar-refractivity contribution in [2.75, 3.05) is 7.05 Å². The molecule has 98 valence electrons. The van der Waals surface area contributed by atoms with Gasteiger partial charge in [0.25, 0.3) is 0 Å². The SMILES string of the molecule is CC(C)C1=CC=C2C=CC(C)(C)N(C)C2=CC1C. The molecule has 0 spiro atoms. The van der Waals surface area contributed by atoms with Crippen LogP contribution in [0.4, 0.5) is 0 Å². The van der Waals surface area contributed by atoms with E-state index in [0.29, 0.717) is 11.8 Å². The van der Waals surface area contributed by atoms with E-state index in [1.165, 1.54) is 16.8 Å². The predicted octanol–water partition coefficient (Wildman–Crippen LogP) is 4.31. The second-order valence-corrected chi connectivity index (χ2v) is 6.33. The van der Waals surface area contributed by atoms with Crippen LogP contribution < -0.4 is 0 Å². The summed E-state index contributed by atoms with van der Waals surface area (Å²) in [4.78, 5) is 2.38. The number of nitrogens with zero attached hydrogens (tertiary/aromatic N) is 1. The summed E-state index contributed by atoms with van der Waals surface area (Å²) in [6.45, 7) is 11.4. The van der Waals surface area contributed by atoms with Crippen LogP contribution >= 0.6 is 0 Å². The zero-order chi connectivity index (χ0) is 13.5. The van der Waals surface area contributed by atoms with Crippen molar-refractivity contribution in [3.8, 4) is 0 Å². The maximum atomic E-state index is 2.41.